The molecule has 0 fully saturated rings. The second kappa shape index (κ2) is 14.5. The van der Waals surface area contributed by atoms with Crippen molar-refractivity contribution in [2.75, 3.05) is 26.9 Å². The van der Waals surface area contributed by atoms with Crippen molar-refractivity contribution in [2.24, 2.45) is 0 Å². The van der Waals surface area contributed by atoms with E-state index < -0.39 is 36.1 Å². The molecule has 1 aromatic rings. The number of aliphatic hydroxyl groups is 1. The van der Waals surface area contributed by atoms with Crippen molar-refractivity contribution in [3.63, 3.8) is 0 Å². The molecule has 0 saturated carbocycles. The Hall–Kier alpha value is -2.50. The Morgan fingerprint density at radius 3 is 2.20 bits per heavy atom. The van der Waals surface area contributed by atoms with E-state index in [1.54, 1.807) is 7.11 Å². The zero-order valence-electron chi connectivity index (χ0n) is 16.5. The van der Waals surface area contributed by atoms with Crippen molar-refractivity contribution in [1.82, 2.24) is 5.32 Å². The molecule has 0 aliphatic carbocycles. The number of nitrogens with one attached hydrogen (secondary N) is 2. The van der Waals surface area contributed by atoms with Crippen LogP contribution in [-0.2, 0) is 20.5 Å². The minimum atomic E-state index is -4.32. The van der Waals surface area contributed by atoms with Gasteiger partial charge in [-0.25, -0.2) is 0 Å². The van der Waals surface area contributed by atoms with Crippen LogP contribution in [0.5, 0.6) is 0 Å². The Balaban J connectivity index is 0.000000612. The minimum absolute atomic E-state index is 0.0737. The van der Waals surface area contributed by atoms with Crippen LogP contribution in [-0.4, -0.2) is 65.9 Å². The van der Waals surface area contributed by atoms with Crippen LogP contribution >= 0.6 is 0 Å². The molecule has 1 rings (SSSR count). The zero-order valence-corrected chi connectivity index (χ0v) is 16.5. The molecule has 0 bridgehead atoms. The van der Waals surface area contributed by atoms with Gasteiger partial charge in [0.15, 0.2) is 0 Å². The van der Waals surface area contributed by atoms with Crippen LogP contribution in [0.4, 0.5) is 13.2 Å². The molecule has 5 N–H and O–H groups in total. The van der Waals surface area contributed by atoms with Gasteiger partial charge >= 0.3 is 18.1 Å². The number of ether oxygens (including phenoxy) is 1. The van der Waals surface area contributed by atoms with Crippen LogP contribution in [0.3, 0.4) is 0 Å². The molecule has 0 aliphatic heterocycles. The molecule has 0 spiro atoms. The molecular formula is C19H27F3N2O6. The van der Waals surface area contributed by atoms with E-state index in [1.807, 2.05) is 0 Å². The molecule has 1 atom stereocenters. The van der Waals surface area contributed by atoms with Crippen molar-refractivity contribution in [3.05, 3.63) is 35.4 Å². The summed E-state index contributed by atoms with van der Waals surface area (Å²) in [6, 6.07) is 3.59. The maximum atomic E-state index is 12.3. The van der Waals surface area contributed by atoms with Crippen LogP contribution in [0.2, 0.25) is 0 Å². The average molecular weight is 436 g/mol. The van der Waals surface area contributed by atoms with Gasteiger partial charge in [-0.15, -0.1) is 0 Å². The number of halogens is 3. The Kier molecular flexibility index (Phi) is 13.3. The van der Waals surface area contributed by atoms with Gasteiger partial charge in [-0.05, 0) is 37.0 Å². The number of methoxy groups -OCH3 is 1. The van der Waals surface area contributed by atoms with Gasteiger partial charge in [0.05, 0.1) is 18.6 Å². The van der Waals surface area contributed by atoms with Gasteiger partial charge < -0.3 is 30.8 Å². The van der Waals surface area contributed by atoms with Crippen molar-refractivity contribution in [3.8, 4) is 0 Å². The zero-order chi connectivity index (χ0) is 23.2. The summed E-state index contributed by atoms with van der Waals surface area (Å²) in [7, 11) is 1.61. The van der Waals surface area contributed by atoms with Crippen molar-refractivity contribution < 1.29 is 42.8 Å². The standard InChI is InChI=1S/C13H16F3NO.C6H11NO5/c1-18-9-3-2-4-12(17)10-5-7-11(8-6-10)13(14,15)16;8-2-1-7-4(6(11)12)3-5(9)10/h5-8,17H,2-4,9H2,1H3;4,7-8H,1-3H2,(H,9,10)(H,11,12). The quantitative estimate of drug-likeness (QED) is 0.250. The fourth-order valence-electron chi connectivity index (χ4n) is 2.21. The molecule has 1 unspecified atom stereocenters. The number of alkyl halides is 3. The first kappa shape index (κ1) is 27.5. The fraction of sp³-hybridized carbons (Fsp3) is 0.526. The lowest BCUT2D eigenvalue weighted by Crippen LogP contribution is -2.39. The summed E-state index contributed by atoms with van der Waals surface area (Å²) in [6.45, 7) is 0.494. The number of carboxylic acids is 2. The predicted octanol–water partition coefficient (Wildman–Crippen LogP) is 2.39. The molecule has 0 amide bonds. The van der Waals surface area contributed by atoms with Gasteiger partial charge in [0.2, 0.25) is 0 Å². The lowest BCUT2D eigenvalue weighted by molar-refractivity contribution is -0.146. The predicted molar refractivity (Wildman–Crippen MR) is 103 cm³/mol. The number of unbranched alkanes of at least 4 members (excludes halogenated alkanes) is 1. The van der Waals surface area contributed by atoms with E-state index in [1.165, 1.54) is 12.1 Å². The van der Waals surface area contributed by atoms with E-state index in [9.17, 15) is 22.8 Å². The second-order valence-corrected chi connectivity index (χ2v) is 6.17. The molecule has 0 heterocycles. The van der Waals surface area contributed by atoms with E-state index in [4.69, 9.17) is 25.5 Å². The first-order chi connectivity index (χ1) is 14.0. The van der Waals surface area contributed by atoms with Crippen LogP contribution in [0.25, 0.3) is 0 Å². The Morgan fingerprint density at radius 2 is 1.77 bits per heavy atom. The SMILES string of the molecule is COCCCCC(=N)c1ccc(C(F)(F)F)cc1.O=C(O)CC(NCCO)C(=O)O. The van der Waals surface area contributed by atoms with Gasteiger partial charge in [0.1, 0.15) is 6.04 Å². The lowest BCUT2D eigenvalue weighted by atomic mass is 10.0. The maximum Gasteiger partial charge on any atom is 0.416 e. The van der Waals surface area contributed by atoms with E-state index in [-0.39, 0.29) is 13.2 Å². The van der Waals surface area contributed by atoms with Gasteiger partial charge in [-0.3, -0.25) is 9.59 Å². The number of hydrogen-bond acceptors (Lipinski definition) is 6. The summed E-state index contributed by atoms with van der Waals surface area (Å²) in [5, 5.41) is 35.2. The Morgan fingerprint density at radius 1 is 1.17 bits per heavy atom. The largest absolute Gasteiger partial charge is 0.481 e. The minimum Gasteiger partial charge on any atom is -0.481 e. The van der Waals surface area contributed by atoms with Gasteiger partial charge in [0.25, 0.3) is 0 Å². The molecule has 11 heteroatoms. The molecule has 0 radical (unpaired) electrons. The van der Waals surface area contributed by atoms with Crippen molar-refractivity contribution in [2.45, 2.75) is 37.9 Å². The average Bonchev–Trinajstić information content (AvgIpc) is 2.68. The molecule has 1 aromatic carbocycles. The van der Waals surface area contributed by atoms with Crippen LogP contribution in [0.1, 0.15) is 36.8 Å². The van der Waals surface area contributed by atoms with E-state index in [2.05, 4.69) is 5.32 Å². The van der Waals surface area contributed by atoms with Crippen LogP contribution in [0, 0.1) is 5.41 Å². The summed E-state index contributed by atoms with van der Waals surface area (Å²) in [4.78, 5) is 20.4. The van der Waals surface area contributed by atoms with Crippen molar-refractivity contribution in [1.29, 1.82) is 5.41 Å². The third-order valence-electron chi connectivity index (χ3n) is 3.77. The molecular weight excluding hydrogens is 409 g/mol. The smallest absolute Gasteiger partial charge is 0.416 e. The summed E-state index contributed by atoms with van der Waals surface area (Å²) < 4.78 is 41.9. The number of benzene rings is 1. The highest BCUT2D eigenvalue weighted by atomic mass is 19.4. The third kappa shape index (κ3) is 12.1. The maximum absolute atomic E-state index is 12.3. The molecule has 30 heavy (non-hydrogen) atoms. The number of carbonyl (C=O) groups is 2. The molecule has 170 valence electrons. The van der Waals surface area contributed by atoms with E-state index in [0.717, 1.165) is 25.0 Å². The fourth-order valence-corrected chi connectivity index (χ4v) is 2.21. The lowest BCUT2D eigenvalue weighted by Gasteiger charge is -2.10. The highest BCUT2D eigenvalue weighted by molar-refractivity contribution is 5.98. The second-order valence-electron chi connectivity index (χ2n) is 6.17. The van der Waals surface area contributed by atoms with Gasteiger partial charge in [-0.1, -0.05) is 12.1 Å². The Labute approximate surface area is 172 Å². The van der Waals surface area contributed by atoms with Crippen LogP contribution in [0.15, 0.2) is 24.3 Å². The molecule has 0 aromatic heterocycles. The Bertz CT molecular complexity index is 665. The monoisotopic (exact) mass is 436 g/mol. The van der Waals surface area contributed by atoms with Gasteiger partial charge in [-0.2, -0.15) is 13.2 Å². The molecule has 8 nitrogen and oxygen atoms in total. The number of rotatable bonds is 12. The number of hydrogen-bond donors (Lipinski definition) is 5. The number of carboxylic acid groups (broad SMARTS) is 2. The summed E-state index contributed by atoms with van der Waals surface area (Å²) in [5.41, 5.74) is 0.221. The normalized spacial score (nSPS) is 11.9. The first-order valence-electron chi connectivity index (χ1n) is 9.05. The topological polar surface area (TPSA) is 140 Å². The third-order valence-corrected chi connectivity index (χ3v) is 3.77. The molecule has 0 saturated heterocycles. The number of aliphatic hydroxyl groups excluding tert-OH is 1. The first-order valence-corrected chi connectivity index (χ1v) is 9.05. The molecule has 0 aliphatic rings. The van der Waals surface area contributed by atoms with E-state index >= 15 is 0 Å². The summed E-state index contributed by atoms with van der Waals surface area (Å²) >= 11 is 0. The van der Waals surface area contributed by atoms with Gasteiger partial charge in [0, 0.05) is 26.0 Å². The van der Waals surface area contributed by atoms with Crippen molar-refractivity contribution >= 4 is 17.7 Å². The highest BCUT2D eigenvalue weighted by Gasteiger charge is 2.30. The summed E-state index contributed by atoms with van der Waals surface area (Å²) in [6.07, 6.45) is -2.61. The van der Waals surface area contributed by atoms with Crippen LogP contribution < -0.4 is 5.32 Å². The highest BCUT2D eigenvalue weighted by Crippen LogP contribution is 2.29. The number of aliphatic carboxylic acids is 2. The van der Waals surface area contributed by atoms with E-state index in [0.29, 0.717) is 24.3 Å². The summed E-state index contributed by atoms with van der Waals surface area (Å²) in [5.74, 6) is -2.42.